The molecule has 0 aromatic carbocycles. The molecule has 0 unspecified atom stereocenters. The molecular formula is C14H28N2. The number of unbranched alkanes of at least 4 members (excludes halogenated alkanes) is 2. The largest absolute Gasteiger partial charge is 0.373 e. The van der Waals surface area contributed by atoms with Gasteiger partial charge in [0.15, 0.2) is 0 Å². The Morgan fingerprint density at radius 2 is 2.06 bits per heavy atom. The van der Waals surface area contributed by atoms with Crippen molar-refractivity contribution in [3.8, 4) is 0 Å². The van der Waals surface area contributed by atoms with E-state index >= 15 is 0 Å². The Morgan fingerprint density at radius 1 is 1.25 bits per heavy atom. The van der Waals surface area contributed by atoms with E-state index in [-0.39, 0.29) is 0 Å². The van der Waals surface area contributed by atoms with Gasteiger partial charge in [0.05, 0.1) is 5.84 Å². The van der Waals surface area contributed by atoms with Gasteiger partial charge in [0, 0.05) is 19.5 Å². The minimum atomic E-state index is 0.412. The van der Waals surface area contributed by atoms with E-state index in [9.17, 15) is 0 Å². The summed E-state index contributed by atoms with van der Waals surface area (Å²) < 4.78 is 0. The molecule has 0 aromatic rings. The maximum Gasteiger partial charge on any atom is 0.0963 e. The Morgan fingerprint density at radius 3 is 2.69 bits per heavy atom. The van der Waals surface area contributed by atoms with Crippen molar-refractivity contribution in [3.05, 3.63) is 0 Å². The Bertz CT molecular complexity index is 219. The Labute approximate surface area is 101 Å². The molecule has 0 bridgehead atoms. The summed E-state index contributed by atoms with van der Waals surface area (Å²) in [4.78, 5) is 4.53. The minimum Gasteiger partial charge on any atom is -0.373 e. The van der Waals surface area contributed by atoms with E-state index in [0.29, 0.717) is 5.41 Å². The summed E-state index contributed by atoms with van der Waals surface area (Å²) in [5.41, 5.74) is 0.412. The van der Waals surface area contributed by atoms with Crippen molar-refractivity contribution in [2.45, 2.75) is 65.7 Å². The highest BCUT2D eigenvalue weighted by Crippen LogP contribution is 2.22. The molecule has 16 heavy (non-hydrogen) atoms. The van der Waals surface area contributed by atoms with Crippen LogP contribution < -0.4 is 5.32 Å². The first-order chi connectivity index (χ1) is 7.64. The van der Waals surface area contributed by atoms with Crippen LogP contribution in [0.2, 0.25) is 0 Å². The predicted octanol–water partition coefficient (Wildman–Crippen LogP) is 3.76. The zero-order valence-corrected chi connectivity index (χ0v) is 11.3. The molecule has 0 spiro atoms. The number of amidine groups is 1. The van der Waals surface area contributed by atoms with Gasteiger partial charge in [0.2, 0.25) is 0 Å². The number of nitrogens with zero attached hydrogens (tertiary/aromatic N) is 1. The van der Waals surface area contributed by atoms with Gasteiger partial charge in [-0.25, -0.2) is 0 Å². The van der Waals surface area contributed by atoms with Crippen molar-refractivity contribution < 1.29 is 0 Å². The van der Waals surface area contributed by atoms with Crippen LogP contribution in [0.4, 0.5) is 0 Å². The lowest BCUT2D eigenvalue weighted by Gasteiger charge is -2.26. The van der Waals surface area contributed by atoms with E-state index in [1.165, 1.54) is 44.4 Å². The fraction of sp³-hybridized carbons (Fsp3) is 0.929. The molecule has 2 nitrogen and oxygen atoms in total. The lowest BCUT2D eigenvalue weighted by Crippen LogP contribution is -2.35. The molecule has 1 N–H and O–H groups in total. The molecule has 0 atom stereocenters. The second-order valence-electron chi connectivity index (χ2n) is 5.76. The van der Waals surface area contributed by atoms with Gasteiger partial charge in [-0.05, 0) is 24.7 Å². The lowest BCUT2D eigenvalue weighted by molar-refractivity contribution is 0.318. The average molecular weight is 224 g/mol. The van der Waals surface area contributed by atoms with E-state index in [4.69, 9.17) is 0 Å². The van der Waals surface area contributed by atoms with Gasteiger partial charge in [-0.3, -0.25) is 4.99 Å². The smallest absolute Gasteiger partial charge is 0.0963 e. The van der Waals surface area contributed by atoms with Gasteiger partial charge < -0.3 is 5.32 Å². The first-order valence-corrected chi connectivity index (χ1v) is 6.91. The summed E-state index contributed by atoms with van der Waals surface area (Å²) in [6.07, 6.45) is 9.09. The monoisotopic (exact) mass is 224 g/mol. The molecule has 94 valence electrons. The Balaban J connectivity index is 2.21. The summed E-state index contributed by atoms with van der Waals surface area (Å²) in [6.45, 7) is 9.09. The molecule has 0 aromatic heterocycles. The van der Waals surface area contributed by atoms with Crippen LogP contribution in [0.1, 0.15) is 65.7 Å². The normalized spacial score (nSPS) is 17.1. The topological polar surface area (TPSA) is 24.4 Å². The third-order valence-electron chi connectivity index (χ3n) is 3.35. The summed E-state index contributed by atoms with van der Waals surface area (Å²) in [5.74, 6) is 1.25. The molecule has 0 aliphatic carbocycles. The highest BCUT2D eigenvalue weighted by atomic mass is 15.0. The molecule has 1 rings (SSSR count). The first-order valence-electron chi connectivity index (χ1n) is 6.91. The van der Waals surface area contributed by atoms with Gasteiger partial charge in [0.1, 0.15) is 0 Å². The molecule has 0 amide bonds. The second kappa shape index (κ2) is 6.93. The number of hydrogen-bond acceptors (Lipinski definition) is 2. The van der Waals surface area contributed by atoms with Gasteiger partial charge in [0.25, 0.3) is 0 Å². The van der Waals surface area contributed by atoms with Crippen molar-refractivity contribution in [3.63, 3.8) is 0 Å². The average Bonchev–Trinajstić information content (AvgIpc) is 2.28. The highest BCUT2D eigenvalue weighted by molar-refractivity contribution is 5.82. The van der Waals surface area contributed by atoms with Crippen molar-refractivity contribution >= 4 is 5.84 Å². The maximum atomic E-state index is 4.53. The molecule has 1 heterocycles. The van der Waals surface area contributed by atoms with Crippen LogP contribution in [0.25, 0.3) is 0 Å². The summed E-state index contributed by atoms with van der Waals surface area (Å²) in [5, 5.41) is 3.54. The van der Waals surface area contributed by atoms with E-state index in [1.54, 1.807) is 0 Å². The van der Waals surface area contributed by atoms with Crippen molar-refractivity contribution in [1.82, 2.24) is 5.32 Å². The van der Waals surface area contributed by atoms with E-state index in [2.05, 4.69) is 31.1 Å². The van der Waals surface area contributed by atoms with Gasteiger partial charge in [-0.2, -0.15) is 0 Å². The predicted molar refractivity (Wildman–Crippen MR) is 72.1 cm³/mol. The first kappa shape index (κ1) is 13.5. The fourth-order valence-corrected chi connectivity index (χ4v) is 2.12. The minimum absolute atomic E-state index is 0.412. The molecule has 0 fully saturated rings. The van der Waals surface area contributed by atoms with Gasteiger partial charge in [-0.1, -0.05) is 40.0 Å². The number of nitrogens with one attached hydrogen (secondary N) is 1. The van der Waals surface area contributed by atoms with Gasteiger partial charge in [-0.15, -0.1) is 0 Å². The highest BCUT2D eigenvalue weighted by Gasteiger charge is 2.18. The number of hydrogen-bond donors (Lipinski definition) is 1. The number of rotatable bonds is 6. The zero-order valence-electron chi connectivity index (χ0n) is 11.3. The van der Waals surface area contributed by atoms with Crippen molar-refractivity contribution in [2.75, 3.05) is 13.1 Å². The third-order valence-corrected chi connectivity index (χ3v) is 3.35. The second-order valence-corrected chi connectivity index (χ2v) is 5.76. The van der Waals surface area contributed by atoms with Crippen molar-refractivity contribution in [1.29, 1.82) is 0 Å². The maximum absolute atomic E-state index is 4.53. The van der Waals surface area contributed by atoms with Crippen LogP contribution in [0.5, 0.6) is 0 Å². The standard InChI is InChI=1S/C14H28N2/c1-4-5-7-10-14(2,3)12-16-13-9-6-8-11-15-13/h4-12H2,1-3H3,(H,15,16). The molecule has 0 saturated carbocycles. The zero-order chi connectivity index (χ0) is 11.9. The van der Waals surface area contributed by atoms with E-state index in [1.807, 2.05) is 0 Å². The summed E-state index contributed by atoms with van der Waals surface area (Å²) in [7, 11) is 0. The van der Waals surface area contributed by atoms with Crippen LogP contribution in [-0.2, 0) is 0 Å². The van der Waals surface area contributed by atoms with Crippen molar-refractivity contribution in [2.24, 2.45) is 10.4 Å². The van der Waals surface area contributed by atoms with Gasteiger partial charge >= 0.3 is 0 Å². The van der Waals surface area contributed by atoms with Crippen LogP contribution in [0.3, 0.4) is 0 Å². The Kier molecular flexibility index (Phi) is 5.86. The molecule has 0 saturated heterocycles. The van der Waals surface area contributed by atoms with Crippen LogP contribution in [-0.4, -0.2) is 18.9 Å². The number of aliphatic imine (C=N–C) groups is 1. The molecule has 1 aliphatic rings. The van der Waals surface area contributed by atoms with Crippen LogP contribution >= 0.6 is 0 Å². The van der Waals surface area contributed by atoms with Crippen LogP contribution in [0.15, 0.2) is 4.99 Å². The third kappa shape index (κ3) is 5.53. The quantitative estimate of drug-likeness (QED) is 0.682. The Hall–Kier alpha value is -0.530. The fourth-order valence-electron chi connectivity index (χ4n) is 2.12. The summed E-state index contributed by atoms with van der Waals surface area (Å²) in [6, 6.07) is 0. The molecular weight excluding hydrogens is 196 g/mol. The summed E-state index contributed by atoms with van der Waals surface area (Å²) >= 11 is 0. The molecule has 1 aliphatic heterocycles. The molecule has 0 radical (unpaired) electrons. The molecule has 2 heteroatoms. The van der Waals surface area contributed by atoms with E-state index < -0.39 is 0 Å². The van der Waals surface area contributed by atoms with E-state index in [0.717, 1.165) is 19.5 Å². The lowest BCUT2D eigenvalue weighted by atomic mass is 9.87. The SMILES string of the molecule is CCCCCC(C)(C)CNC1=NCCCC1. The van der Waals surface area contributed by atoms with Crippen LogP contribution in [0, 0.1) is 5.41 Å².